The van der Waals surface area contributed by atoms with Crippen LogP contribution in [0.15, 0.2) is 18.2 Å². The minimum Gasteiger partial charge on any atom is -0.385 e. The van der Waals surface area contributed by atoms with Gasteiger partial charge >= 0.3 is 0 Å². The Bertz CT molecular complexity index is 333. The monoisotopic (exact) mass is 305 g/mol. The third-order valence-electron chi connectivity index (χ3n) is 2.42. The van der Waals surface area contributed by atoms with E-state index in [1.807, 2.05) is 13.1 Å². The number of anilines is 1. The van der Waals surface area contributed by atoms with Gasteiger partial charge in [0, 0.05) is 32.6 Å². The molecule has 0 saturated carbocycles. The van der Waals surface area contributed by atoms with E-state index in [1.165, 1.54) is 5.56 Å². The summed E-state index contributed by atoms with van der Waals surface area (Å²) >= 11 is 9.64. The molecule has 0 saturated heterocycles. The van der Waals surface area contributed by atoms with Crippen molar-refractivity contribution in [3.8, 4) is 0 Å². The molecule has 0 aliphatic rings. The van der Waals surface area contributed by atoms with Crippen LogP contribution in [0.2, 0.25) is 5.02 Å². The number of halogens is 2. The number of hydrogen-bond donors (Lipinski definition) is 0. The Morgan fingerprint density at radius 2 is 2.19 bits per heavy atom. The van der Waals surface area contributed by atoms with Gasteiger partial charge in [-0.15, -0.1) is 0 Å². The lowest BCUT2D eigenvalue weighted by molar-refractivity contribution is 0.196. The summed E-state index contributed by atoms with van der Waals surface area (Å²) in [4.78, 5) is 2.15. The van der Waals surface area contributed by atoms with Crippen LogP contribution in [0.4, 0.5) is 5.69 Å². The Labute approximate surface area is 111 Å². The molecule has 0 N–H and O–H groups in total. The highest BCUT2D eigenvalue weighted by Gasteiger charge is 2.06. The van der Waals surface area contributed by atoms with Gasteiger partial charge < -0.3 is 9.64 Å². The van der Waals surface area contributed by atoms with Crippen LogP contribution in [-0.4, -0.2) is 27.3 Å². The van der Waals surface area contributed by atoms with Crippen LogP contribution in [0, 0.1) is 0 Å². The smallest absolute Gasteiger partial charge is 0.0642 e. The Balaban J connectivity index is 2.64. The molecule has 0 fully saturated rings. The maximum Gasteiger partial charge on any atom is 0.0642 e. The van der Waals surface area contributed by atoms with Crippen molar-refractivity contribution >= 4 is 33.2 Å². The molecule has 1 rings (SSSR count). The summed E-state index contributed by atoms with van der Waals surface area (Å²) in [6.07, 6.45) is 1.00. The molecule has 1 aromatic rings. The van der Waals surface area contributed by atoms with Crippen molar-refractivity contribution in [1.82, 2.24) is 0 Å². The fraction of sp³-hybridized carbons (Fsp3) is 0.500. The van der Waals surface area contributed by atoms with Crippen LogP contribution < -0.4 is 4.90 Å². The number of nitrogens with zero attached hydrogens (tertiary/aromatic N) is 1. The van der Waals surface area contributed by atoms with E-state index < -0.39 is 0 Å². The van der Waals surface area contributed by atoms with Crippen LogP contribution in [0.25, 0.3) is 0 Å². The van der Waals surface area contributed by atoms with Crippen molar-refractivity contribution in [3.63, 3.8) is 0 Å². The first-order valence-corrected chi connectivity index (χ1v) is 6.73. The second kappa shape index (κ2) is 7.15. The average Bonchev–Trinajstić information content (AvgIpc) is 2.29. The van der Waals surface area contributed by atoms with Crippen molar-refractivity contribution in [3.05, 3.63) is 28.8 Å². The number of rotatable bonds is 6. The van der Waals surface area contributed by atoms with Crippen molar-refractivity contribution < 1.29 is 4.74 Å². The average molecular weight is 307 g/mol. The largest absolute Gasteiger partial charge is 0.385 e. The van der Waals surface area contributed by atoms with Crippen molar-refractivity contribution in [1.29, 1.82) is 0 Å². The summed E-state index contributed by atoms with van der Waals surface area (Å²) < 4.78 is 5.03. The van der Waals surface area contributed by atoms with E-state index in [2.05, 4.69) is 33.0 Å². The van der Waals surface area contributed by atoms with Crippen LogP contribution in [0.3, 0.4) is 0 Å². The molecule has 0 spiro atoms. The first-order chi connectivity index (χ1) is 7.69. The molecule has 2 nitrogen and oxygen atoms in total. The molecular weight excluding hydrogens is 289 g/mol. The van der Waals surface area contributed by atoms with E-state index in [0.29, 0.717) is 0 Å². The van der Waals surface area contributed by atoms with Crippen LogP contribution in [0.5, 0.6) is 0 Å². The Kier molecular flexibility index (Phi) is 6.17. The summed E-state index contributed by atoms with van der Waals surface area (Å²) in [6.45, 7) is 1.72. The highest BCUT2D eigenvalue weighted by Crippen LogP contribution is 2.26. The van der Waals surface area contributed by atoms with Gasteiger partial charge in [0.1, 0.15) is 0 Å². The number of methoxy groups -OCH3 is 1. The fourth-order valence-electron chi connectivity index (χ4n) is 1.51. The van der Waals surface area contributed by atoms with Gasteiger partial charge in [0.05, 0.1) is 10.7 Å². The number of alkyl halides is 1. The molecule has 1 aromatic carbocycles. The Morgan fingerprint density at radius 1 is 1.44 bits per heavy atom. The van der Waals surface area contributed by atoms with Gasteiger partial charge in [-0.1, -0.05) is 33.6 Å². The highest BCUT2D eigenvalue weighted by molar-refractivity contribution is 9.08. The molecule has 0 atom stereocenters. The molecule has 90 valence electrons. The van der Waals surface area contributed by atoms with E-state index in [4.69, 9.17) is 16.3 Å². The second-order valence-electron chi connectivity index (χ2n) is 3.69. The van der Waals surface area contributed by atoms with E-state index in [1.54, 1.807) is 7.11 Å². The van der Waals surface area contributed by atoms with E-state index >= 15 is 0 Å². The molecule has 0 aliphatic heterocycles. The minimum absolute atomic E-state index is 0.779. The third-order valence-corrected chi connectivity index (χ3v) is 3.37. The maximum atomic E-state index is 6.22. The van der Waals surface area contributed by atoms with Gasteiger partial charge in [-0.3, -0.25) is 0 Å². The maximum absolute atomic E-state index is 6.22. The predicted molar refractivity (Wildman–Crippen MR) is 73.8 cm³/mol. The van der Waals surface area contributed by atoms with Gasteiger partial charge in [0.15, 0.2) is 0 Å². The zero-order valence-electron chi connectivity index (χ0n) is 9.67. The highest BCUT2D eigenvalue weighted by atomic mass is 79.9. The van der Waals surface area contributed by atoms with Crippen molar-refractivity contribution in [2.24, 2.45) is 0 Å². The number of benzene rings is 1. The van der Waals surface area contributed by atoms with Gasteiger partial charge in [-0.05, 0) is 24.1 Å². The lowest BCUT2D eigenvalue weighted by Crippen LogP contribution is -2.20. The van der Waals surface area contributed by atoms with Crippen molar-refractivity contribution in [2.75, 3.05) is 32.2 Å². The topological polar surface area (TPSA) is 12.5 Å². The molecule has 0 bridgehead atoms. The molecule has 4 heteroatoms. The zero-order valence-corrected chi connectivity index (χ0v) is 12.0. The van der Waals surface area contributed by atoms with Crippen LogP contribution in [0.1, 0.15) is 12.0 Å². The third kappa shape index (κ3) is 3.96. The standard InChI is InChI=1S/C12H17BrClNO/c1-15(6-3-7-16-2)12-5-4-10(9-13)8-11(12)14/h4-5,8H,3,6-7,9H2,1-2H3. The Morgan fingerprint density at radius 3 is 2.75 bits per heavy atom. The first-order valence-electron chi connectivity index (χ1n) is 5.23. The molecule has 16 heavy (non-hydrogen) atoms. The van der Waals surface area contributed by atoms with E-state index in [-0.39, 0.29) is 0 Å². The lowest BCUT2D eigenvalue weighted by atomic mass is 10.2. The summed E-state index contributed by atoms with van der Waals surface area (Å²) in [5.41, 5.74) is 2.27. The molecule has 0 aromatic heterocycles. The molecule has 0 aliphatic carbocycles. The molecule has 0 heterocycles. The second-order valence-corrected chi connectivity index (χ2v) is 4.66. The molecule has 0 unspecified atom stereocenters. The summed E-state index contributed by atoms with van der Waals surface area (Å²) in [6, 6.07) is 6.15. The molecule has 0 radical (unpaired) electrons. The zero-order chi connectivity index (χ0) is 12.0. The van der Waals surface area contributed by atoms with Gasteiger partial charge in [0.2, 0.25) is 0 Å². The number of ether oxygens (including phenoxy) is 1. The normalized spacial score (nSPS) is 10.5. The Hall–Kier alpha value is -0.250. The quantitative estimate of drug-likeness (QED) is 0.587. The predicted octanol–water partition coefficient (Wildman–Crippen LogP) is 3.71. The van der Waals surface area contributed by atoms with Crippen molar-refractivity contribution in [2.45, 2.75) is 11.8 Å². The SMILES string of the molecule is COCCCN(C)c1ccc(CBr)cc1Cl. The molecule has 0 amide bonds. The first kappa shape index (κ1) is 13.8. The van der Waals surface area contributed by atoms with Crippen LogP contribution >= 0.6 is 27.5 Å². The van der Waals surface area contributed by atoms with Gasteiger partial charge in [0.25, 0.3) is 0 Å². The van der Waals surface area contributed by atoms with Gasteiger partial charge in [-0.25, -0.2) is 0 Å². The van der Waals surface area contributed by atoms with E-state index in [0.717, 1.165) is 35.6 Å². The summed E-state index contributed by atoms with van der Waals surface area (Å²) in [5.74, 6) is 0. The molecular formula is C12H17BrClNO. The van der Waals surface area contributed by atoms with E-state index in [9.17, 15) is 0 Å². The van der Waals surface area contributed by atoms with Gasteiger partial charge in [-0.2, -0.15) is 0 Å². The number of hydrogen-bond acceptors (Lipinski definition) is 2. The summed E-state index contributed by atoms with van der Waals surface area (Å²) in [7, 11) is 3.77. The summed E-state index contributed by atoms with van der Waals surface area (Å²) in [5, 5.41) is 1.64. The van der Waals surface area contributed by atoms with Crippen LogP contribution in [-0.2, 0) is 10.1 Å². The minimum atomic E-state index is 0.779. The lowest BCUT2D eigenvalue weighted by Gasteiger charge is -2.20. The fourth-order valence-corrected chi connectivity index (χ4v) is 2.21.